The summed E-state index contributed by atoms with van der Waals surface area (Å²) >= 11 is 0. The van der Waals surface area contributed by atoms with E-state index >= 15 is 0 Å². The van der Waals surface area contributed by atoms with Crippen LogP contribution in [-0.2, 0) is 11.2 Å². The molecule has 18 heavy (non-hydrogen) atoms. The molecule has 0 amide bonds. The van der Waals surface area contributed by atoms with Crippen LogP contribution >= 0.6 is 0 Å². The smallest absolute Gasteiger partial charge is 0.276 e. The maximum Gasteiger partial charge on any atom is 0.276 e. The number of hydrogen-bond donors (Lipinski definition) is 1. The molecule has 0 aliphatic carbocycles. The summed E-state index contributed by atoms with van der Waals surface area (Å²) in [5.74, 6) is 0.605. The van der Waals surface area contributed by atoms with Crippen molar-refractivity contribution in [3.05, 3.63) is 33.9 Å². The highest BCUT2D eigenvalue weighted by atomic mass is 16.6. The van der Waals surface area contributed by atoms with Crippen LogP contribution in [0.1, 0.15) is 19.4 Å². The molecule has 6 heteroatoms. The molecular weight excluding hydrogens is 238 g/mol. The van der Waals surface area contributed by atoms with Crippen molar-refractivity contribution >= 4 is 11.5 Å². The number of carbonyl (C=O) groups is 1. The van der Waals surface area contributed by atoms with E-state index in [0.29, 0.717) is 11.3 Å². The lowest BCUT2D eigenvalue weighted by molar-refractivity contribution is -0.385. The van der Waals surface area contributed by atoms with E-state index in [4.69, 9.17) is 9.84 Å². The first kappa shape index (κ1) is 16.1. The third kappa shape index (κ3) is 5.40. The van der Waals surface area contributed by atoms with Gasteiger partial charge in [-0.1, -0.05) is 6.07 Å². The number of nitro groups is 1. The number of ketones is 1. The van der Waals surface area contributed by atoms with E-state index in [0.717, 1.165) is 0 Å². The fourth-order valence-electron chi connectivity index (χ4n) is 1.28. The molecule has 0 saturated heterocycles. The van der Waals surface area contributed by atoms with Crippen LogP contribution in [0, 0.1) is 10.1 Å². The molecule has 0 radical (unpaired) electrons. The third-order valence-corrected chi connectivity index (χ3v) is 1.89. The van der Waals surface area contributed by atoms with Gasteiger partial charge in [-0.15, -0.1) is 0 Å². The topological polar surface area (TPSA) is 89.7 Å². The average molecular weight is 255 g/mol. The Labute approximate surface area is 105 Å². The molecule has 0 spiro atoms. The highest BCUT2D eigenvalue weighted by molar-refractivity contribution is 5.72. The third-order valence-electron chi connectivity index (χ3n) is 1.89. The van der Waals surface area contributed by atoms with E-state index < -0.39 is 4.92 Å². The van der Waals surface area contributed by atoms with Gasteiger partial charge in [0.15, 0.2) is 0 Å². The lowest BCUT2D eigenvalue weighted by Gasteiger charge is -2.06. The second kappa shape index (κ2) is 8.19. The normalized spacial score (nSPS) is 9.11. The Morgan fingerprint density at radius 2 is 2.00 bits per heavy atom. The van der Waals surface area contributed by atoms with Gasteiger partial charge >= 0.3 is 0 Å². The molecule has 6 nitrogen and oxygen atoms in total. The van der Waals surface area contributed by atoms with Crippen molar-refractivity contribution in [1.82, 2.24) is 0 Å². The van der Waals surface area contributed by atoms with Crippen molar-refractivity contribution < 1.29 is 19.6 Å². The van der Waals surface area contributed by atoms with Crippen molar-refractivity contribution in [1.29, 1.82) is 0 Å². The molecule has 0 unspecified atom stereocenters. The summed E-state index contributed by atoms with van der Waals surface area (Å²) in [6.45, 7) is 2.92. The summed E-state index contributed by atoms with van der Waals surface area (Å²) in [5, 5.41) is 19.4. The van der Waals surface area contributed by atoms with Crippen LogP contribution in [0.4, 0.5) is 5.69 Å². The van der Waals surface area contributed by atoms with E-state index in [-0.39, 0.29) is 24.5 Å². The number of ether oxygens (including phenoxy) is 1. The number of nitro benzene ring substituents is 1. The van der Waals surface area contributed by atoms with Crippen LogP contribution < -0.4 is 4.74 Å². The number of hydrogen-bond acceptors (Lipinski definition) is 5. The SMILES string of the molecule is CC(C)=O.COc1cccc([N+](=O)[O-])c1CCO. The number of Topliss-reactive ketones (excluding diaryl/α,β-unsaturated/α-hetero) is 1. The van der Waals surface area contributed by atoms with E-state index in [1.807, 2.05) is 0 Å². The number of methoxy groups -OCH3 is 1. The van der Waals surface area contributed by atoms with Crippen molar-refractivity contribution in [3.63, 3.8) is 0 Å². The van der Waals surface area contributed by atoms with Gasteiger partial charge < -0.3 is 14.6 Å². The lowest BCUT2D eigenvalue weighted by Crippen LogP contribution is -2.01. The zero-order valence-electron chi connectivity index (χ0n) is 10.7. The molecule has 1 aromatic carbocycles. The quantitative estimate of drug-likeness (QED) is 0.653. The Balaban J connectivity index is 0.000000631. The van der Waals surface area contributed by atoms with Crippen molar-refractivity contribution in [3.8, 4) is 5.75 Å². The predicted molar refractivity (Wildman–Crippen MR) is 66.8 cm³/mol. The van der Waals surface area contributed by atoms with Gasteiger partial charge in [0, 0.05) is 19.1 Å². The van der Waals surface area contributed by atoms with Crippen molar-refractivity contribution in [2.45, 2.75) is 20.3 Å². The number of carbonyl (C=O) groups excluding carboxylic acids is 1. The summed E-state index contributed by atoms with van der Waals surface area (Å²) in [6.07, 6.45) is 0.223. The summed E-state index contributed by atoms with van der Waals surface area (Å²) in [6, 6.07) is 4.59. The van der Waals surface area contributed by atoms with Gasteiger partial charge in [0.2, 0.25) is 0 Å². The van der Waals surface area contributed by atoms with Crippen LogP contribution in [0.2, 0.25) is 0 Å². The minimum Gasteiger partial charge on any atom is -0.496 e. The predicted octanol–water partition coefficient (Wildman–Crippen LogP) is 1.73. The summed E-state index contributed by atoms with van der Waals surface area (Å²) < 4.78 is 4.97. The van der Waals surface area contributed by atoms with Gasteiger partial charge in [-0.05, 0) is 19.9 Å². The Kier molecular flexibility index (Phi) is 7.30. The summed E-state index contributed by atoms with van der Waals surface area (Å²) in [7, 11) is 1.44. The molecule has 0 saturated carbocycles. The molecule has 0 aliphatic heterocycles. The molecule has 0 heterocycles. The van der Waals surface area contributed by atoms with Gasteiger partial charge in [0.05, 0.1) is 17.6 Å². The van der Waals surface area contributed by atoms with Crippen LogP contribution in [0.3, 0.4) is 0 Å². The lowest BCUT2D eigenvalue weighted by atomic mass is 10.1. The maximum atomic E-state index is 10.6. The van der Waals surface area contributed by atoms with Crippen LogP contribution in [0.5, 0.6) is 5.75 Å². The molecule has 1 rings (SSSR count). The van der Waals surface area contributed by atoms with Gasteiger partial charge in [0.25, 0.3) is 5.69 Å². The number of aliphatic hydroxyl groups excluding tert-OH is 1. The molecule has 0 atom stereocenters. The number of aliphatic hydroxyl groups is 1. The molecule has 100 valence electrons. The maximum absolute atomic E-state index is 10.6. The number of benzene rings is 1. The zero-order valence-corrected chi connectivity index (χ0v) is 10.7. The van der Waals surface area contributed by atoms with E-state index in [1.165, 1.54) is 27.0 Å². The highest BCUT2D eigenvalue weighted by Gasteiger charge is 2.16. The Morgan fingerprint density at radius 3 is 2.39 bits per heavy atom. The van der Waals surface area contributed by atoms with Crippen LogP contribution in [0.15, 0.2) is 18.2 Å². The second-order valence-electron chi connectivity index (χ2n) is 3.60. The largest absolute Gasteiger partial charge is 0.496 e. The molecule has 0 aromatic heterocycles. The number of rotatable bonds is 4. The highest BCUT2D eigenvalue weighted by Crippen LogP contribution is 2.28. The van der Waals surface area contributed by atoms with E-state index in [9.17, 15) is 14.9 Å². The molecule has 1 aromatic rings. The number of nitrogens with zero attached hydrogens (tertiary/aromatic N) is 1. The van der Waals surface area contributed by atoms with E-state index in [2.05, 4.69) is 0 Å². The fraction of sp³-hybridized carbons (Fsp3) is 0.417. The molecule has 1 N–H and O–H groups in total. The Morgan fingerprint density at radius 1 is 1.44 bits per heavy atom. The van der Waals surface area contributed by atoms with Gasteiger partial charge in [-0.25, -0.2) is 0 Å². The van der Waals surface area contributed by atoms with Crippen LogP contribution in [-0.4, -0.2) is 29.5 Å². The second-order valence-corrected chi connectivity index (χ2v) is 3.60. The Hall–Kier alpha value is -1.95. The van der Waals surface area contributed by atoms with Crippen LogP contribution in [0.25, 0.3) is 0 Å². The summed E-state index contributed by atoms with van der Waals surface area (Å²) in [4.78, 5) is 19.6. The first-order chi connectivity index (χ1) is 8.43. The van der Waals surface area contributed by atoms with Crippen molar-refractivity contribution in [2.75, 3.05) is 13.7 Å². The molecule has 0 bridgehead atoms. The van der Waals surface area contributed by atoms with Gasteiger partial charge in [0.1, 0.15) is 11.5 Å². The molecular formula is C12H17NO5. The minimum absolute atomic E-state index is 0.0154. The fourth-order valence-corrected chi connectivity index (χ4v) is 1.28. The average Bonchev–Trinajstić information content (AvgIpc) is 2.28. The standard InChI is InChI=1S/C9H11NO4.C3H6O/c1-14-9-4-2-3-8(10(12)13)7(9)5-6-11;1-3(2)4/h2-4,11H,5-6H2,1H3;1-2H3. The summed E-state index contributed by atoms with van der Waals surface area (Å²) in [5.41, 5.74) is 0.418. The Bertz CT molecular complexity index is 413. The first-order valence-corrected chi connectivity index (χ1v) is 5.32. The zero-order chi connectivity index (χ0) is 14.1. The van der Waals surface area contributed by atoms with Gasteiger partial charge in [-0.2, -0.15) is 0 Å². The first-order valence-electron chi connectivity index (χ1n) is 5.32. The monoisotopic (exact) mass is 255 g/mol. The minimum atomic E-state index is -0.479. The van der Waals surface area contributed by atoms with Gasteiger partial charge in [-0.3, -0.25) is 10.1 Å². The van der Waals surface area contributed by atoms with E-state index in [1.54, 1.807) is 12.1 Å². The van der Waals surface area contributed by atoms with Crippen molar-refractivity contribution in [2.24, 2.45) is 0 Å². The molecule has 0 aliphatic rings. The molecule has 0 fully saturated rings.